The third-order valence-electron chi connectivity index (χ3n) is 2.36. The van der Waals surface area contributed by atoms with Crippen molar-refractivity contribution in [2.45, 2.75) is 0 Å². The van der Waals surface area contributed by atoms with Crippen LogP contribution < -0.4 is 0 Å². The number of hydrogen-bond donors (Lipinski definition) is 0. The summed E-state index contributed by atoms with van der Waals surface area (Å²) in [6.07, 6.45) is 0. The lowest BCUT2D eigenvalue weighted by atomic mass is 10.0. The van der Waals surface area contributed by atoms with Gasteiger partial charge in [-0.25, -0.2) is 4.39 Å². The number of carbonyl (C=O) groups is 1. The Labute approximate surface area is 125 Å². The van der Waals surface area contributed by atoms with Crippen LogP contribution in [0.2, 0.25) is 5.02 Å². The van der Waals surface area contributed by atoms with E-state index >= 15 is 0 Å². The van der Waals surface area contributed by atoms with Gasteiger partial charge in [0, 0.05) is 14.5 Å². The molecule has 0 unspecified atom stereocenters. The Morgan fingerprint density at radius 2 is 1.72 bits per heavy atom. The van der Waals surface area contributed by atoms with Crippen molar-refractivity contribution in [2.75, 3.05) is 0 Å². The fraction of sp³-hybridized carbons (Fsp3) is 0. The van der Waals surface area contributed by atoms with Gasteiger partial charge in [0.1, 0.15) is 5.82 Å². The van der Waals surface area contributed by atoms with E-state index in [0.29, 0.717) is 15.1 Å². The lowest BCUT2D eigenvalue weighted by molar-refractivity contribution is 0.103. The Balaban J connectivity index is 2.46. The molecular weight excluding hydrogens is 386 g/mol. The predicted molar refractivity (Wildman–Crippen MR) is 76.7 cm³/mol. The summed E-state index contributed by atoms with van der Waals surface area (Å²) >= 11 is 12.2. The van der Waals surface area contributed by atoms with Gasteiger partial charge in [-0.1, -0.05) is 27.5 Å². The lowest BCUT2D eigenvalue weighted by Gasteiger charge is -2.05. The summed E-state index contributed by atoms with van der Waals surface area (Å²) in [6, 6.07) is 9.22. The first-order chi connectivity index (χ1) is 8.49. The van der Waals surface area contributed by atoms with Crippen LogP contribution in [0.3, 0.4) is 0 Å². The van der Waals surface area contributed by atoms with Crippen molar-refractivity contribution in [3.63, 3.8) is 0 Å². The molecule has 0 N–H and O–H groups in total. The second-order valence-corrected chi connectivity index (χ2v) is 5.76. The van der Waals surface area contributed by atoms with Crippen LogP contribution in [0.15, 0.2) is 45.3 Å². The van der Waals surface area contributed by atoms with E-state index in [1.54, 1.807) is 24.3 Å². The molecule has 0 aliphatic carbocycles. The highest BCUT2D eigenvalue weighted by atomic mass is 79.9. The molecule has 5 heteroatoms. The average Bonchev–Trinajstić information content (AvgIpc) is 2.34. The Hall–Kier alpha value is -0.710. The van der Waals surface area contributed by atoms with Gasteiger partial charge in [-0.3, -0.25) is 4.79 Å². The number of rotatable bonds is 2. The standard InChI is InChI=1S/C13H6Br2ClFO/c14-8-3-1-7(2-4-8)13(18)9-5-11(16)10(15)6-12(9)17/h1-6H. The Morgan fingerprint density at radius 1 is 1.11 bits per heavy atom. The van der Waals surface area contributed by atoms with Crippen LogP contribution in [0.5, 0.6) is 0 Å². The molecular formula is C13H6Br2ClFO. The number of benzene rings is 2. The van der Waals surface area contributed by atoms with Crippen molar-refractivity contribution >= 4 is 49.2 Å². The molecule has 0 saturated carbocycles. The summed E-state index contributed by atoms with van der Waals surface area (Å²) in [5.41, 5.74) is 0.376. The maximum Gasteiger partial charge on any atom is 0.196 e. The predicted octanol–water partition coefficient (Wildman–Crippen LogP) is 5.24. The molecule has 0 spiro atoms. The number of ketones is 1. The van der Waals surface area contributed by atoms with Gasteiger partial charge in [-0.05, 0) is 52.3 Å². The summed E-state index contributed by atoms with van der Waals surface area (Å²) < 4.78 is 15.0. The van der Waals surface area contributed by atoms with Crippen molar-refractivity contribution in [1.29, 1.82) is 0 Å². The summed E-state index contributed by atoms with van der Waals surface area (Å²) in [6.45, 7) is 0. The smallest absolute Gasteiger partial charge is 0.196 e. The zero-order chi connectivity index (χ0) is 13.3. The SMILES string of the molecule is O=C(c1ccc(Br)cc1)c1cc(Cl)c(Br)cc1F. The number of hydrogen-bond acceptors (Lipinski definition) is 1. The molecule has 0 amide bonds. The van der Waals surface area contributed by atoms with E-state index in [0.717, 1.165) is 4.47 Å². The highest BCUT2D eigenvalue weighted by molar-refractivity contribution is 9.10. The minimum atomic E-state index is -0.598. The largest absolute Gasteiger partial charge is 0.288 e. The topological polar surface area (TPSA) is 17.1 Å². The molecule has 2 rings (SSSR count). The summed E-state index contributed by atoms with van der Waals surface area (Å²) in [7, 11) is 0. The van der Waals surface area contributed by atoms with Gasteiger partial charge in [0.05, 0.1) is 10.6 Å². The molecule has 0 bridgehead atoms. The molecule has 92 valence electrons. The highest BCUT2D eigenvalue weighted by Gasteiger charge is 2.16. The first kappa shape index (κ1) is 13.7. The maximum atomic E-state index is 13.7. The quantitative estimate of drug-likeness (QED) is 0.505. The van der Waals surface area contributed by atoms with Crippen LogP contribution in [-0.4, -0.2) is 5.78 Å². The van der Waals surface area contributed by atoms with Crippen LogP contribution >= 0.6 is 43.5 Å². The second kappa shape index (κ2) is 5.51. The van der Waals surface area contributed by atoms with E-state index < -0.39 is 11.6 Å². The third-order valence-corrected chi connectivity index (χ3v) is 4.09. The van der Waals surface area contributed by atoms with E-state index in [1.165, 1.54) is 12.1 Å². The van der Waals surface area contributed by atoms with Crippen LogP contribution in [0, 0.1) is 5.82 Å². The Kier molecular flexibility index (Phi) is 4.20. The fourth-order valence-electron chi connectivity index (χ4n) is 1.45. The summed E-state index contributed by atoms with van der Waals surface area (Å²) in [5, 5.41) is 0.303. The minimum Gasteiger partial charge on any atom is -0.288 e. The van der Waals surface area contributed by atoms with E-state index in [-0.39, 0.29) is 5.56 Å². The molecule has 0 aliphatic rings. The molecule has 18 heavy (non-hydrogen) atoms. The lowest BCUT2D eigenvalue weighted by Crippen LogP contribution is -2.04. The van der Waals surface area contributed by atoms with E-state index in [9.17, 15) is 9.18 Å². The van der Waals surface area contributed by atoms with Gasteiger partial charge in [0.25, 0.3) is 0 Å². The molecule has 0 radical (unpaired) electrons. The van der Waals surface area contributed by atoms with Crippen LogP contribution in [0.1, 0.15) is 15.9 Å². The normalized spacial score (nSPS) is 10.4. The van der Waals surface area contributed by atoms with Crippen LogP contribution in [-0.2, 0) is 0 Å². The molecule has 0 atom stereocenters. The van der Waals surface area contributed by atoms with Crippen LogP contribution in [0.4, 0.5) is 4.39 Å². The molecule has 2 aromatic carbocycles. The monoisotopic (exact) mass is 390 g/mol. The van der Waals surface area contributed by atoms with E-state index in [2.05, 4.69) is 31.9 Å². The van der Waals surface area contributed by atoms with Crippen LogP contribution in [0.25, 0.3) is 0 Å². The Bertz CT molecular complexity index is 611. The Morgan fingerprint density at radius 3 is 2.33 bits per heavy atom. The third kappa shape index (κ3) is 2.82. The van der Waals surface area contributed by atoms with Crippen molar-refractivity contribution in [3.8, 4) is 0 Å². The molecule has 0 saturated heterocycles. The van der Waals surface area contributed by atoms with Gasteiger partial charge in [-0.2, -0.15) is 0 Å². The van der Waals surface area contributed by atoms with E-state index in [1.807, 2.05) is 0 Å². The molecule has 1 nitrogen and oxygen atoms in total. The number of halogens is 4. The molecule has 0 heterocycles. The van der Waals surface area contributed by atoms with E-state index in [4.69, 9.17) is 11.6 Å². The second-order valence-electron chi connectivity index (χ2n) is 3.58. The molecule has 2 aromatic rings. The zero-order valence-corrected chi connectivity index (χ0v) is 12.8. The molecule has 0 aliphatic heterocycles. The first-order valence-electron chi connectivity index (χ1n) is 4.94. The van der Waals surface area contributed by atoms with Gasteiger partial charge < -0.3 is 0 Å². The summed E-state index contributed by atoms with van der Waals surface area (Å²) in [5.74, 6) is -0.992. The first-order valence-corrected chi connectivity index (χ1v) is 6.90. The van der Waals surface area contributed by atoms with Gasteiger partial charge >= 0.3 is 0 Å². The van der Waals surface area contributed by atoms with Crippen molar-refractivity contribution in [3.05, 3.63) is 67.3 Å². The van der Waals surface area contributed by atoms with Gasteiger partial charge in [0.2, 0.25) is 0 Å². The number of carbonyl (C=O) groups excluding carboxylic acids is 1. The minimum absolute atomic E-state index is 0.0366. The fourth-order valence-corrected chi connectivity index (χ4v) is 2.20. The highest BCUT2D eigenvalue weighted by Crippen LogP contribution is 2.27. The zero-order valence-electron chi connectivity index (χ0n) is 8.88. The van der Waals surface area contributed by atoms with Crippen molar-refractivity contribution in [1.82, 2.24) is 0 Å². The maximum absolute atomic E-state index is 13.7. The van der Waals surface area contributed by atoms with Crippen molar-refractivity contribution in [2.24, 2.45) is 0 Å². The van der Waals surface area contributed by atoms with Crippen molar-refractivity contribution < 1.29 is 9.18 Å². The van der Waals surface area contributed by atoms with Gasteiger partial charge in [-0.15, -0.1) is 0 Å². The summed E-state index contributed by atoms with van der Waals surface area (Å²) in [4.78, 5) is 12.1. The molecule has 0 fully saturated rings. The van der Waals surface area contributed by atoms with Gasteiger partial charge in [0.15, 0.2) is 5.78 Å². The average molecular weight is 392 g/mol. The molecule has 0 aromatic heterocycles.